The maximum atomic E-state index is 12.0. The van der Waals surface area contributed by atoms with Gasteiger partial charge in [-0.3, -0.25) is 9.78 Å². The fraction of sp³-hybridized carbons (Fsp3) is 0.571. The lowest BCUT2D eigenvalue weighted by atomic mass is 9.90. The first-order valence-corrected chi connectivity index (χ1v) is 6.70. The van der Waals surface area contributed by atoms with Crippen LogP contribution in [0.15, 0.2) is 24.4 Å². The minimum Gasteiger partial charge on any atom is -0.349 e. The summed E-state index contributed by atoms with van der Waals surface area (Å²) in [7, 11) is 0. The molecule has 0 saturated carbocycles. The van der Waals surface area contributed by atoms with E-state index in [1.807, 2.05) is 18.2 Å². The molecule has 2 rings (SSSR count). The molecule has 4 nitrogen and oxygen atoms in total. The number of nitrogens with zero attached hydrogens (tertiary/aromatic N) is 1. The highest BCUT2D eigenvalue weighted by Gasteiger charge is 2.25. The fourth-order valence-corrected chi connectivity index (χ4v) is 2.37. The summed E-state index contributed by atoms with van der Waals surface area (Å²) in [6.07, 6.45) is 5.03. The second-order valence-electron chi connectivity index (χ2n) is 4.84. The predicted molar refractivity (Wildman–Crippen MR) is 70.9 cm³/mol. The van der Waals surface area contributed by atoms with Crippen molar-refractivity contribution < 1.29 is 4.79 Å². The lowest BCUT2D eigenvalue weighted by Crippen LogP contribution is -2.48. The van der Waals surface area contributed by atoms with Gasteiger partial charge in [-0.15, -0.1) is 0 Å². The smallest absolute Gasteiger partial charge is 0.237 e. The quantitative estimate of drug-likeness (QED) is 0.847. The van der Waals surface area contributed by atoms with Crippen molar-refractivity contribution in [3.05, 3.63) is 30.1 Å². The minimum atomic E-state index is -0.0348. The van der Waals surface area contributed by atoms with Gasteiger partial charge in [0.1, 0.15) is 0 Å². The Bertz CT molecular complexity index is 380. The van der Waals surface area contributed by atoms with Crippen LogP contribution in [-0.2, 0) is 11.3 Å². The Labute approximate surface area is 108 Å². The van der Waals surface area contributed by atoms with Crippen molar-refractivity contribution in [2.24, 2.45) is 5.92 Å². The monoisotopic (exact) mass is 247 g/mol. The van der Waals surface area contributed by atoms with Crippen LogP contribution in [0.2, 0.25) is 0 Å². The van der Waals surface area contributed by atoms with Gasteiger partial charge in [-0.05, 0) is 37.4 Å². The molecule has 1 aromatic rings. The number of carbonyl (C=O) groups excluding carboxylic acids is 1. The van der Waals surface area contributed by atoms with Crippen LogP contribution in [0.4, 0.5) is 0 Å². The molecular formula is C14H21N3O. The van der Waals surface area contributed by atoms with Gasteiger partial charge in [-0.2, -0.15) is 0 Å². The molecule has 1 aliphatic heterocycles. The van der Waals surface area contributed by atoms with Crippen LogP contribution in [0.25, 0.3) is 0 Å². The first-order chi connectivity index (χ1) is 8.79. The third-order valence-electron chi connectivity index (χ3n) is 3.58. The molecule has 1 fully saturated rings. The number of amides is 1. The van der Waals surface area contributed by atoms with Gasteiger partial charge in [0.25, 0.3) is 0 Å². The van der Waals surface area contributed by atoms with E-state index < -0.39 is 0 Å². The summed E-state index contributed by atoms with van der Waals surface area (Å²) >= 11 is 0. The van der Waals surface area contributed by atoms with E-state index in [4.69, 9.17) is 0 Å². The average Bonchev–Trinajstić information content (AvgIpc) is 2.46. The van der Waals surface area contributed by atoms with Gasteiger partial charge in [0.05, 0.1) is 18.3 Å². The highest BCUT2D eigenvalue weighted by atomic mass is 16.2. The van der Waals surface area contributed by atoms with Crippen LogP contribution in [0.3, 0.4) is 0 Å². The van der Waals surface area contributed by atoms with Crippen LogP contribution in [0, 0.1) is 5.92 Å². The zero-order valence-corrected chi connectivity index (χ0v) is 10.9. The molecule has 0 radical (unpaired) electrons. The van der Waals surface area contributed by atoms with Crippen molar-refractivity contribution in [3.63, 3.8) is 0 Å². The first kappa shape index (κ1) is 13.0. The fourth-order valence-electron chi connectivity index (χ4n) is 2.37. The molecule has 2 unspecified atom stereocenters. The minimum absolute atomic E-state index is 0.0348. The number of piperidine rings is 1. The number of hydrogen-bond donors (Lipinski definition) is 2. The normalized spacial score (nSPS) is 23.6. The Kier molecular flexibility index (Phi) is 4.70. The second-order valence-corrected chi connectivity index (χ2v) is 4.84. The third-order valence-corrected chi connectivity index (χ3v) is 3.58. The zero-order chi connectivity index (χ0) is 12.8. The average molecular weight is 247 g/mol. The maximum absolute atomic E-state index is 12.0. The van der Waals surface area contributed by atoms with Gasteiger partial charge >= 0.3 is 0 Å². The zero-order valence-electron chi connectivity index (χ0n) is 10.9. The van der Waals surface area contributed by atoms with E-state index in [-0.39, 0.29) is 11.9 Å². The molecule has 0 aromatic carbocycles. The Morgan fingerprint density at radius 3 is 3.17 bits per heavy atom. The molecule has 1 amide bonds. The van der Waals surface area contributed by atoms with Crippen LogP contribution in [-0.4, -0.2) is 23.5 Å². The van der Waals surface area contributed by atoms with Gasteiger partial charge in [0, 0.05) is 6.20 Å². The summed E-state index contributed by atoms with van der Waals surface area (Å²) in [6.45, 7) is 3.65. The molecule has 1 saturated heterocycles. The maximum Gasteiger partial charge on any atom is 0.237 e. The second kappa shape index (κ2) is 6.50. The van der Waals surface area contributed by atoms with E-state index in [1.54, 1.807) is 6.20 Å². The Hall–Kier alpha value is -1.42. The Morgan fingerprint density at radius 1 is 1.56 bits per heavy atom. The van der Waals surface area contributed by atoms with Gasteiger partial charge in [0.2, 0.25) is 5.91 Å². The third kappa shape index (κ3) is 3.53. The topological polar surface area (TPSA) is 54.0 Å². The van der Waals surface area contributed by atoms with Crippen molar-refractivity contribution in [2.75, 3.05) is 6.54 Å². The lowest BCUT2D eigenvalue weighted by molar-refractivity contribution is -0.124. The molecular weight excluding hydrogens is 226 g/mol. The van der Waals surface area contributed by atoms with Crippen molar-refractivity contribution in [3.8, 4) is 0 Å². The molecule has 0 bridgehead atoms. The number of aromatic nitrogens is 1. The Balaban J connectivity index is 1.81. The number of rotatable bonds is 4. The number of hydrogen-bond acceptors (Lipinski definition) is 3. The summed E-state index contributed by atoms with van der Waals surface area (Å²) < 4.78 is 0. The SMILES string of the molecule is CCC1CCNC(C(=O)NCc2ccccn2)C1. The van der Waals surface area contributed by atoms with E-state index in [0.29, 0.717) is 12.5 Å². The van der Waals surface area contributed by atoms with E-state index in [1.165, 1.54) is 6.42 Å². The molecule has 2 atom stereocenters. The highest BCUT2D eigenvalue weighted by molar-refractivity contribution is 5.81. The van der Waals surface area contributed by atoms with Crippen LogP contribution >= 0.6 is 0 Å². The van der Waals surface area contributed by atoms with E-state index in [9.17, 15) is 4.79 Å². The summed E-state index contributed by atoms with van der Waals surface area (Å²) in [4.78, 5) is 16.2. The number of carbonyl (C=O) groups is 1. The van der Waals surface area contributed by atoms with E-state index in [2.05, 4.69) is 22.5 Å². The predicted octanol–water partition coefficient (Wildman–Crippen LogP) is 1.48. The largest absolute Gasteiger partial charge is 0.349 e. The molecule has 2 heterocycles. The summed E-state index contributed by atoms with van der Waals surface area (Å²) in [5.74, 6) is 0.774. The van der Waals surface area contributed by atoms with Crippen molar-refractivity contribution in [1.29, 1.82) is 0 Å². The summed E-state index contributed by atoms with van der Waals surface area (Å²) in [5.41, 5.74) is 0.897. The molecule has 4 heteroatoms. The molecule has 1 aromatic heterocycles. The highest BCUT2D eigenvalue weighted by Crippen LogP contribution is 2.19. The van der Waals surface area contributed by atoms with Crippen LogP contribution in [0.5, 0.6) is 0 Å². The van der Waals surface area contributed by atoms with Gasteiger partial charge < -0.3 is 10.6 Å². The van der Waals surface area contributed by atoms with Gasteiger partial charge in [-0.1, -0.05) is 19.4 Å². The summed E-state index contributed by atoms with van der Waals surface area (Å²) in [6, 6.07) is 5.69. The molecule has 1 aliphatic rings. The van der Waals surface area contributed by atoms with Gasteiger partial charge in [0.15, 0.2) is 0 Å². The van der Waals surface area contributed by atoms with Crippen molar-refractivity contribution in [1.82, 2.24) is 15.6 Å². The first-order valence-electron chi connectivity index (χ1n) is 6.70. The van der Waals surface area contributed by atoms with Crippen molar-refractivity contribution in [2.45, 2.75) is 38.8 Å². The van der Waals surface area contributed by atoms with E-state index >= 15 is 0 Å². The number of nitrogens with one attached hydrogen (secondary N) is 2. The van der Waals surface area contributed by atoms with Gasteiger partial charge in [-0.25, -0.2) is 0 Å². The number of pyridine rings is 1. The van der Waals surface area contributed by atoms with Crippen LogP contribution in [0.1, 0.15) is 31.9 Å². The van der Waals surface area contributed by atoms with Crippen LogP contribution < -0.4 is 10.6 Å². The summed E-state index contributed by atoms with van der Waals surface area (Å²) in [5, 5.41) is 6.24. The molecule has 0 aliphatic carbocycles. The molecule has 0 spiro atoms. The molecule has 98 valence electrons. The van der Waals surface area contributed by atoms with E-state index in [0.717, 1.165) is 25.1 Å². The molecule has 18 heavy (non-hydrogen) atoms. The lowest BCUT2D eigenvalue weighted by Gasteiger charge is -2.28. The standard InChI is InChI=1S/C14H21N3O/c1-2-11-6-8-16-13(9-11)14(18)17-10-12-5-3-4-7-15-12/h3-5,7,11,13,16H,2,6,8-10H2,1H3,(H,17,18). The van der Waals surface area contributed by atoms with Crippen molar-refractivity contribution >= 4 is 5.91 Å². The Morgan fingerprint density at radius 2 is 2.44 bits per heavy atom. The molecule has 2 N–H and O–H groups in total.